The zero-order chi connectivity index (χ0) is 20.4. The van der Waals surface area contributed by atoms with E-state index in [-0.39, 0.29) is 11.7 Å². The van der Waals surface area contributed by atoms with E-state index in [9.17, 15) is 9.59 Å². The van der Waals surface area contributed by atoms with Crippen LogP contribution in [-0.2, 0) is 4.79 Å². The van der Waals surface area contributed by atoms with E-state index >= 15 is 0 Å². The van der Waals surface area contributed by atoms with E-state index in [4.69, 9.17) is 4.74 Å². The van der Waals surface area contributed by atoms with Crippen molar-refractivity contribution in [1.29, 1.82) is 0 Å². The first kappa shape index (κ1) is 18.4. The zero-order valence-corrected chi connectivity index (χ0v) is 16.0. The Hall–Kier alpha value is -3.93. The molecule has 2 aromatic heterocycles. The molecule has 0 aliphatic carbocycles. The van der Waals surface area contributed by atoms with Gasteiger partial charge in [-0.15, -0.1) is 0 Å². The predicted octanol–water partition coefficient (Wildman–Crippen LogP) is 4.43. The third-order valence-corrected chi connectivity index (χ3v) is 4.63. The van der Waals surface area contributed by atoms with Gasteiger partial charge >= 0.3 is 0 Å². The highest BCUT2D eigenvalue weighted by atomic mass is 16.5. The van der Waals surface area contributed by atoms with Crippen LogP contribution >= 0.6 is 0 Å². The second kappa shape index (κ2) is 7.59. The fourth-order valence-corrected chi connectivity index (χ4v) is 3.36. The Bertz CT molecular complexity index is 1230. The van der Waals surface area contributed by atoms with Crippen LogP contribution < -0.4 is 10.1 Å². The lowest BCUT2D eigenvalue weighted by molar-refractivity contribution is -0.114. The summed E-state index contributed by atoms with van der Waals surface area (Å²) in [4.78, 5) is 32.0. The number of ether oxygens (including phenoxy) is 1. The van der Waals surface area contributed by atoms with Gasteiger partial charge in [0.2, 0.25) is 11.8 Å². The summed E-state index contributed by atoms with van der Waals surface area (Å²) < 4.78 is 5.13. The SMILES string of the molecule is COc1cc(C(=O)c2cc(NC(C)=O)cc(-c3cccc4[nH]ccc34)c2)ccn1. The molecule has 0 spiro atoms. The van der Waals surface area contributed by atoms with Gasteiger partial charge in [0.05, 0.1) is 7.11 Å². The summed E-state index contributed by atoms with van der Waals surface area (Å²) >= 11 is 0. The molecule has 0 bridgehead atoms. The average Bonchev–Trinajstić information content (AvgIpc) is 3.21. The summed E-state index contributed by atoms with van der Waals surface area (Å²) in [7, 11) is 1.50. The van der Waals surface area contributed by atoms with E-state index in [1.165, 1.54) is 20.2 Å². The van der Waals surface area contributed by atoms with E-state index in [0.717, 1.165) is 22.0 Å². The van der Waals surface area contributed by atoms with Crippen molar-refractivity contribution in [3.63, 3.8) is 0 Å². The summed E-state index contributed by atoms with van der Waals surface area (Å²) in [5.74, 6) is -0.0162. The molecule has 0 aliphatic heterocycles. The van der Waals surface area contributed by atoms with Crippen LogP contribution in [0.3, 0.4) is 0 Å². The van der Waals surface area contributed by atoms with Crippen LogP contribution in [0.5, 0.6) is 5.88 Å². The number of hydrogen-bond donors (Lipinski definition) is 2. The lowest BCUT2D eigenvalue weighted by atomic mass is 9.96. The number of ketones is 1. The van der Waals surface area contributed by atoms with Gasteiger partial charge in [0, 0.05) is 53.1 Å². The minimum absolute atomic E-state index is 0.180. The summed E-state index contributed by atoms with van der Waals surface area (Å²) in [6.07, 6.45) is 3.41. The fourth-order valence-electron chi connectivity index (χ4n) is 3.36. The van der Waals surface area contributed by atoms with Crippen molar-refractivity contribution in [2.24, 2.45) is 0 Å². The molecule has 2 N–H and O–H groups in total. The number of hydrogen-bond acceptors (Lipinski definition) is 4. The Morgan fingerprint density at radius 1 is 1.03 bits per heavy atom. The number of amides is 1. The first-order valence-electron chi connectivity index (χ1n) is 9.09. The zero-order valence-electron chi connectivity index (χ0n) is 16.0. The highest BCUT2D eigenvalue weighted by Crippen LogP contribution is 2.31. The number of benzene rings is 2. The topological polar surface area (TPSA) is 84.1 Å². The number of fused-ring (bicyclic) bond motifs is 1. The number of H-pyrrole nitrogens is 1. The Morgan fingerprint density at radius 2 is 1.90 bits per heavy atom. The highest BCUT2D eigenvalue weighted by molar-refractivity contribution is 6.11. The van der Waals surface area contributed by atoms with Gasteiger partial charge in [0.1, 0.15) is 0 Å². The molecule has 2 aromatic carbocycles. The molecule has 2 heterocycles. The monoisotopic (exact) mass is 385 g/mol. The van der Waals surface area contributed by atoms with Gasteiger partial charge < -0.3 is 15.0 Å². The van der Waals surface area contributed by atoms with Crippen molar-refractivity contribution in [2.75, 3.05) is 12.4 Å². The van der Waals surface area contributed by atoms with Gasteiger partial charge in [-0.05, 0) is 47.5 Å². The van der Waals surface area contributed by atoms with Crippen molar-refractivity contribution in [3.8, 4) is 17.0 Å². The molecule has 0 fully saturated rings. The summed E-state index contributed by atoms with van der Waals surface area (Å²) in [5.41, 5.74) is 4.30. The van der Waals surface area contributed by atoms with Crippen LogP contribution in [0.2, 0.25) is 0 Å². The van der Waals surface area contributed by atoms with Gasteiger partial charge in [-0.2, -0.15) is 0 Å². The summed E-state index contributed by atoms with van der Waals surface area (Å²) in [6, 6.07) is 16.5. The first-order valence-corrected chi connectivity index (χ1v) is 9.09. The third-order valence-electron chi connectivity index (χ3n) is 4.63. The number of aromatic nitrogens is 2. The van der Waals surface area contributed by atoms with E-state index in [1.54, 1.807) is 18.2 Å². The van der Waals surface area contributed by atoms with Gasteiger partial charge in [-0.1, -0.05) is 12.1 Å². The van der Waals surface area contributed by atoms with Crippen LogP contribution in [0.1, 0.15) is 22.8 Å². The van der Waals surface area contributed by atoms with Gasteiger partial charge in [-0.25, -0.2) is 4.98 Å². The molecule has 0 atom stereocenters. The van der Waals surface area contributed by atoms with Gasteiger partial charge in [-0.3, -0.25) is 9.59 Å². The summed E-state index contributed by atoms with van der Waals surface area (Å²) in [5, 5.41) is 3.83. The van der Waals surface area contributed by atoms with Gasteiger partial charge in [0.25, 0.3) is 0 Å². The van der Waals surface area contributed by atoms with Crippen LogP contribution in [-0.4, -0.2) is 28.8 Å². The van der Waals surface area contributed by atoms with E-state index < -0.39 is 0 Å². The van der Waals surface area contributed by atoms with Crippen LogP contribution in [0.15, 0.2) is 67.0 Å². The van der Waals surface area contributed by atoms with E-state index in [1.807, 2.05) is 42.6 Å². The maximum atomic E-state index is 13.1. The number of anilines is 1. The number of nitrogens with one attached hydrogen (secondary N) is 2. The molecule has 0 aliphatic rings. The second-order valence-corrected chi connectivity index (χ2v) is 6.64. The molecule has 0 radical (unpaired) electrons. The molecule has 29 heavy (non-hydrogen) atoms. The number of rotatable bonds is 5. The molecule has 4 aromatic rings. The molecular weight excluding hydrogens is 366 g/mol. The van der Waals surface area contributed by atoms with Crippen molar-refractivity contribution >= 4 is 28.3 Å². The molecule has 0 saturated heterocycles. The van der Waals surface area contributed by atoms with Gasteiger partial charge in [0.15, 0.2) is 5.78 Å². The molecule has 4 rings (SSSR count). The highest BCUT2D eigenvalue weighted by Gasteiger charge is 2.15. The standard InChI is InChI=1S/C23H19N3O3/c1-14(27)26-18-11-16(19-4-3-5-21-20(19)7-9-24-21)10-17(12-18)23(28)15-6-8-25-22(13-15)29-2/h3-13,24H,1-2H3,(H,26,27). The van der Waals surface area contributed by atoms with E-state index in [0.29, 0.717) is 22.7 Å². The van der Waals surface area contributed by atoms with Crippen LogP contribution in [0, 0.1) is 0 Å². The average molecular weight is 385 g/mol. The van der Waals surface area contributed by atoms with Crippen LogP contribution in [0.25, 0.3) is 22.0 Å². The smallest absolute Gasteiger partial charge is 0.221 e. The predicted molar refractivity (Wildman–Crippen MR) is 112 cm³/mol. The molecule has 144 valence electrons. The Balaban J connectivity index is 1.86. The number of aromatic amines is 1. The van der Waals surface area contributed by atoms with Crippen molar-refractivity contribution < 1.29 is 14.3 Å². The largest absolute Gasteiger partial charge is 0.481 e. The normalized spacial score (nSPS) is 10.7. The maximum Gasteiger partial charge on any atom is 0.221 e. The molecule has 0 saturated carbocycles. The number of pyridine rings is 1. The number of carbonyl (C=O) groups is 2. The molecule has 6 heteroatoms. The minimum Gasteiger partial charge on any atom is -0.481 e. The van der Waals surface area contributed by atoms with Crippen molar-refractivity contribution in [1.82, 2.24) is 9.97 Å². The van der Waals surface area contributed by atoms with E-state index in [2.05, 4.69) is 15.3 Å². The Morgan fingerprint density at radius 3 is 2.69 bits per heavy atom. The van der Waals surface area contributed by atoms with Crippen LogP contribution in [0.4, 0.5) is 5.69 Å². The third kappa shape index (κ3) is 3.73. The van der Waals surface area contributed by atoms with Crippen molar-refractivity contribution in [3.05, 3.63) is 78.1 Å². The minimum atomic E-state index is -0.203. The number of methoxy groups -OCH3 is 1. The van der Waals surface area contributed by atoms with Crippen molar-refractivity contribution in [2.45, 2.75) is 6.92 Å². The Labute approximate surface area is 167 Å². The number of carbonyl (C=O) groups excluding carboxylic acids is 2. The summed E-state index contributed by atoms with van der Waals surface area (Å²) in [6.45, 7) is 1.44. The quantitative estimate of drug-likeness (QED) is 0.498. The fraction of sp³-hybridized carbons (Fsp3) is 0.0870. The lowest BCUT2D eigenvalue weighted by Crippen LogP contribution is -2.08. The second-order valence-electron chi connectivity index (χ2n) is 6.64. The molecular formula is C23H19N3O3. The first-order chi connectivity index (χ1) is 14.0. The lowest BCUT2D eigenvalue weighted by Gasteiger charge is -2.11. The molecule has 1 amide bonds. The molecule has 6 nitrogen and oxygen atoms in total. The maximum absolute atomic E-state index is 13.1. The molecule has 0 unspecified atom stereocenters. The Kier molecular flexibility index (Phi) is 4.83. The number of nitrogens with zero attached hydrogens (tertiary/aromatic N) is 1.